The van der Waals surface area contributed by atoms with Crippen molar-refractivity contribution in [3.05, 3.63) is 63.5 Å². The largest absolute Gasteiger partial charge is 0.345 e. The van der Waals surface area contributed by atoms with Crippen LogP contribution in [0.3, 0.4) is 0 Å². The SMILES string of the molecule is Cc1ccccc1-c1nc(CNC(=O)c2cc([N+](=O)[O-])c3nsnc3c2)no1. The first kappa shape index (κ1) is 17.7. The molecule has 0 aliphatic heterocycles. The number of nitrogens with one attached hydrogen (secondary N) is 1. The molecule has 0 atom stereocenters. The van der Waals surface area contributed by atoms with E-state index in [0.717, 1.165) is 22.9 Å². The van der Waals surface area contributed by atoms with Gasteiger partial charge >= 0.3 is 0 Å². The minimum absolute atomic E-state index is 0.00929. The average molecular weight is 396 g/mol. The minimum Gasteiger partial charge on any atom is -0.345 e. The third-order valence-corrected chi connectivity index (χ3v) is 4.59. The number of fused-ring (bicyclic) bond motifs is 1. The van der Waals surface area contributed by atoms with Gasteiger partial charge in [-0.2, -0.15) is 13.7 Å². The number of carbonyl (C=O) groups is 1. The molecule has 10 nitrogen and oxygen atoms in total. The second-order valence-corrected chi connectivity index (χ2v) is 6.43. The summed E-state index contributed by atoms with van der Waals surface area (Å²) in [6, 6.07) is 10.2. The van der Waals surface area contributed by atoms with Crippen molar-refractivity contribution in [2.75, 3.05) is 0 Å². The summed E-state index contributed by atoms with van der Waals surface area (Å²) in [6.45, 7) is 1.94. The third-order valence-electron chi connectivity index (χ3n) is 4.05. The zero-order valence-electron chi connectivity index (χ0n) is 14.4. The summed E-state index contributed by atoms with van der Waals surface area (Å²) in [5, 5.41) is 17.7. The molecular weight excluding hydrogens is 384 g/mol. The van der Waals surface area contributed by atoms with Gasteiger partial charge in [-0.25, -0.2) is 0 Å². The highest BCUT2D eigenvalue weighted by Gasteiger charge is 2.20. The van der Waals surface area contributed by atoms with Gasteiger partial charge < -0.3 is 9.84 Å². The van der Waals surface area contributed by atoms with Gasteiger partial charge in [0.05, 0.1) is 23.2 Å². The number of aromatic nitrogens is 4. The van der Waals surface area contributed by atoms with E-state index in [1.54, 1.807) is 0 Å². The lowest BCUT2D eigenvalue weighted by molar-refractivity contribution is -0.383. The van der Waals surface area contributed by atoms with Crippen molar-refractivity contribution in [2.24, 2.45) is 0 Å². The fraction of sp³-hybridized carbons (Fsp3) is 0.118. The van der Waals surface area contributed by atoms with E-state index in [1.165, 1.54) is 12.1 Å². The second-order valence-electron chi connectivity index (χ2n) is 5.90. The molecule has 0 aliphatic rings. The fourth-order valence-electron chi connectivity index (χ4n) is 2.65. The second kappa shape index (κ2) is 7.12. The molecule has 0 aliphatic carbocycles. The van der Waals surface area contributed by atoms with Crippen molar-refractivity contribution in [3.63, 3.8) is 0 Å². The number of carbonyl (C=O) groups excluding carboxylic acids is 1. The topological polar surface area (TPSA) is 137 Å². The summed E-state index contributed by atoms with van der Waals surface area (Å²) < 4.78 is 13.1. The number of hydrogen-bond acceptors (Lipinski definition) is 9. The summed E-state index contributed by atoms with van der Waals surface area (Å²) in [7, 11) is 0. The summed E-state index contributed by atoms with van der Waals surface area (Å²) in [5.41, 5.74) is 2.09. The van der Waals surface area contributed by atoms with Crippen molar-refractivity contribution >= 4 is 34.4 Å². The quantitative estimate of drug-likeness (QED) is 0.401. The van der Waals surface area contributed by atoms with Crippen LogP contribution in [-0.4, -0.2) is 29.7 Å². The van der Waals surface area contributed by atoms with Gasteiger partial charge in [-0.05, 0) is 24.6 Å². The van der Waals surface area contributed by atoms with Gasteiger partial charge in [0, 0.05) is 17.2 Å². The molecule has 140 valence electrons. The molecule has 4 aromatic rings. The van der Waals surface area contributed by atoms with E-state index in [-0.39, 0.29) is 29.1 Å². The number of nitro benzene ring substituents is 1. The maximum absolute atomic E-state index is 12.4. The number of amides is 1. The number of benzene rings is 2. The highest BCUT2D eigenvalue weighted by Crippen LogP contribution is 2.26. The Bertz CT molecular complexity index is 1200. The molecule has 2 heterocycles. The lowest BCUT2D eigenvalue weighted by Crippen LogP contribution is -2.23. The van der Waals surface area contributed by atoms with Gasteiger partial charge in [-0.15, -0.1) is 0 Å². The number of rotatable bonds is 5. The van der Waals surface area contributed by atoms with Crippen LogP contribution in [0.25, 0.3) is 22.5 Å². The van der Waals surface area contributed by atoms with E-state index >= 15 is 0 Å². The van der Waals surface area contributed by atoms with Gasteiger partial charge in [-0.3, -0.25) is 14.9 Å². The Morgan fingerprint density at radius 3 is 2.89 bits per heavy atom. The fourth-order valence-corrected chi connectivity index (χ4v) is 3.19. The standard InChI is InChI=1S/C17H12N6O4S/c1-9-4-2-3-5-11(9)17-19-14(20-27-17)8-18-16(24)10-6-12-15(22-28-21-12)13(7-10)23(25)26/h2-7H,8H2,1H3,(H,18,24). The number of hydrogen-bond donors (Lipinski definition) is 1. The van der Waals surface area contributed by atoms with Gasteiger partial charge in [0.2, 0.25) is 0 Å². The first-order valence-corrected chi connectivity index (χ1v) is 8.83. The Balaban J connectivity index is 1.52. The molecule has 4 rings (SSSR count). The Hall–Kier alpha value is -3.73. The summed E-state index contributed by atoms with van der Waals surface area (Å²) in [4.78, 5) is 27.3. The van der Waals surface area contributed by atoms with Crippen molar-refractivity contribution in [1.82, 2.24) is 24.2 Å². The maximum Gasteiger partial charge on any atom is 0.299 e. The van der Waals surface area contributed by atoms with E-state index in [4.69, 9.17) is 4.52 Å². The van der Waals surface area contributed by atoms with E-state index in [9.17, 15) is 14.9 Å². The molecule has 0 fully saturated rings. The summed E-state index contributed by atoms with van der Waals surface area (Å²) in [6.07, 6.45) is 0. The molecule has 2 aromatic carbocycles. The van der Waals surface area contributed by atoms with Crippen molar-refractivity contribution < 1.29 is 14.2 Å². The Labute approximate surface area is 161 Å². The summed E-state index contributed by atoms with van der Waals surface area (Å²) in [5.74, 6) is 0.130. The van der Waals surface area contributed by atoms with E-state index in [0.29, 0.717) is 11.4 Å². The Morgan fingerprint density at radius 2 is 2.11 bits per heavy atom. The predicted octanol–water partition coefficient (Wildman–Crippen LogP) is 2.89. The number of aryl methyl sites for hydroxylation is 1. The van der Waals surface area contributed by atoms with Crippen LogP contribution in [0.4, 0.5) is 5.69 Å². The van der Waals surface area contributed by atoms with Crippen molar-refractivity contribution in [3.8, 4) is 11.5 Å². The first-order chi connectivity index (χ1) is 13.5. The van der Waals surface area contributed by atoms with Gasteiger partial charge in [0.15, 0.2) is 11.3 Å². The molecule has 28 heavy (non-hydrogen) atoms. The van der Waals surface area contributed by atoms with E-state index in [2.05, 4.69) is 24.2 Å². The van der Waals surface area contributed by atoms with Gasteiger partial charge in [-0.1, -0.05) is 23.4 Å². The van der Waals surface area contributed by atoms with Crippen LogP contribution in [0.2, 0.25) is 0 Å². The summed E-state index contributed by atoms with van der Waals surface area (Å²) >= 11 is 0.848. The van der Waals surface area contributed by atoms with Crippen LogP contribution < -0.4 is 5.32 Å². The zero-order valence-corrected chi connectivity index (χ0v) is 15.3. The monoisotopic (exact) mass is 396 g/mol. The average Bonchev–Trinajstić information content (AvgIpc) is 3.34. The van der Waals surface area contributed by atoms with Crippen LogP contribution in [0, 0.1) is 17.0 Å². The highest BCUT2D eigenvalue weighted by molar-refractivity contribution is 7.00. The van der Waals surface area contributed by atoms with Gasteiger partial charge in [0.1, 0.15) is 5.52 Å². The number of nitro groups is 1. The third kappa shape index (κ3) is 3.30. The van der Waals surface area contributed by atoms with Crippen LogP contribution >= 0.6 is 11.7 Å². The zero-order chi connectivity index (χ0) is 19.7. The molecule has 0 spiro atoms. The molecule has 2 aromatic heterocycles. The van der Waals surface area contributed by atoms with Crippen LogP contribution in [0.5, 0.6) is 0 Å². The molecule has 0 bridgehead atoms. The van der Waals surface area contributed by atoms with E-state index < -0.39 is 10.8 Å². The van der Waals surface area contributed by atoms with Crippen molar-refractivity contribution in [1.29, 1.82) is 0 Å². The Kier molecular flexibility index (Phi) is 4.49. The minimum atomic E-state index is -0.589. The molecule has 11 heteroatoms. The van der Waals surface area contributed by atoms with Gasteiger partial charge in [0.25, 0.3) is 17.5 Å². The molecule has 1 amide bonds. The number of non-ortho nitro benzene ring substituents is 1. The van der Waals surface area contributed by atoms with Crippen LogP contribution in [0.15, 0.2) is 40.9 Å². The first-order valence-electron chi connectivity index (χ1n) is 8.10. The highest BCUT2D eigenvalue weighted by atomic mass is 32.1. The molecule has 0 radical (unpaired) electrons. The molecule has 0 unspecified atom stereocenters. The predicted molar refractivity (Wildman–Crippen MR) is 99.7 cm³/mol. The molecule has 0 saturated heterocycles. The molecule has 0 saturated carbocycles. The lowest BCUT2D eigenvalue weighted by atomic mass is 10.1. The normalized spacial score (nSPS) is 10.9. The maximum atomic E-state index is 12.4. The van der Waals surface area contributed by atoms with Crippen LogP contribution in [0.1, 0.15) is 21.7 Å². The van der Waals surface area contributed by atoms with Crippen molar-refractivity contribution in [2.45, 2.75) is 13.5 Å². The number of nitrogens with zero attached hydrogens (tertiary/aromatic N) is 5. The Morgan fingerprint density at radius 1 is 1.29 bits per heavy atom. The van der Waals surface area contributed by atoms with Crippen LogP contribution in [-0.2, 0) is 6.54 Å². The molecule has 1 N–H and O–H groups in total. The van der Waals surface area contributed by atoms with E-state index in [1.807, 2.05) is 31.2 Å². The lowest BCUT2D eigenvalue weighted by Gasteiger charge is -2.03. The smallest absolute Gasteiger partial charge is 0.299 e. The molecular formula is C17H12N6O4S.